The van der Waals surface area contributed by atoms with E-state index < -0.39 is 0 Å². The fourth-order valence-electron chi connectivity index (χ4n) is 1.60. The molecule has 0 aliphatic rings. The molecule has 0 spiro atoms. The van der Waals surface area contributed by atoms with Crippen molar-refractivity contribution in [3.05, 3.63) is 29.3 Å². The number of nitrogens with zero attached hydrogens (tertiary/aromatic N) is 4. The lowest BCUT2D eigenvalue weighted by molar-refractivity contribution is 0.350. The van der Waals surface area contributed by atoms with E-state index in [2.05, 4.69) is 27.4 Å². The van der Waals surface area contributed by atoms with Crippen molar-refractivity contribution in [2.45, 2.75) is 10.9 Å². The number of aryl methyl sites for hydroxylation is 1. The van der Waals surface area contributed by atoms with Gasteiger partial charge in [-0.3, -0.25) is 0 Å². The first-order valence-electron chi connectivity index (χ1n) is 5.86. The minimum atomic E-state index is -0.152. The maximum Gasteiger partial charge on any atom is 0.209 e. The largest absolute Gasteiger partial charge is 0.496 e. The van der Waals surface area contributed by atoms with Crippen molar-refractivity contribution in [2.24, 2.45) is 7.05 Å². The van der Waals surface area contributed by atoms with Gasteiger partial charge in [-0.2, -0.15) is 0 Å². The lowest BCUT2D eigenvalue weighted by Gasteiger charge is -2.08. The molecule has 0 amide bonds. The number of rotatable bonds is 4. The van der Waals surface area contributed by atoms with Crippen LogP contribution < -0.4 is 4.74 Å². The van der Waals surface area contributed by atoms with Gasteiger partial charge < -0.3 is 9.84 Å². The smallest absolute Gasteiger partial charge is 0.209 e. The van der Waals surface area contributed by atoms with Crippen molar-refractivity contribution in [1.82, 2.24) is 20.2 Å². The Labute approximate surface area is 121 Å². The van der Waals surface area contributed by atoms with E-state index in [-0.39, 0.29) is 6.61 Å². The number of ether oxygens (including phenoxy) is 1. The third kappa shape index (κ3) is 3.50. The number of tetrazole rings is 1. The summed E-state index contributed by atoms with van der Waals surface area (Å²) in [7, 11) is 3.43. The average Bonchev–Trinajstić information content (AvgIpc) is 2.88. The van der Waals surface area contributed by atoms with Gasteiger partial charge in [-0.15, -0.1) is 5.10 Å². The van der Waals surface area contributed by atoms with E-state index in [1.807, 2.05) is 18.2 Å². The lowest BCUT2D eigenvalue weighted by atomic mass is 10.1. The Kier molecular flexibility index (Phi) is 4.98. The van der Waals surface area contributed by atoms with Crippen molar-refractivity contribution in [1.29, 1.82) is 0 Å². The Bertz CT molecular complexity index is 645. The quantitative estimate of drug-likeness (QED) is 0.665. The molecule has 0 bridgehead atoms. The number of aromatic nitrogens is 4. The third-order valence-corrected chi connectivity index (χ3v) is 3.59. The predicted molar refractivity (Wildman–Crippen MR) is 75.3 cm³/mol. The summed E-state index contributed by atoms with van der Waals surface area (Å²) in [6.07, 6.45) is 0. The van der Waals surface area contributed by atoms with Crippen LogP contribution in [0.25, 0.3) is 0 Å². The molecule has 0 aliphatic carbocycles. The van der Waals surface area contributed by atoms with E-state index in [1.165, 1.54) is 11.8 Å². The highest BCUT2D eigenvalue weighted by atomic mass is 32.2. The molecule has 6 nitrogen and oxygen atoms in total. The number of aliphatic hydroxyl groups excluding tert-OH is 1. The van der Waals surface area contributed by atoms with Gasteiger partial charge >= 0.3 is 0 Å². The summed E-state index contributed by atoms with van der Waals surface area (Å²) in [5.41, 5.74) is 1.84. The standard InChI is InChI=1S/C13H14N4O2S/c1-17-13(14-15-16-17)20-9-11-8-10(4-3-7-18)5-6-12(11)19-2/h5-6,8,18H,7,9H2,1-2H3. The first kappa shape index (κ1) is 14.4. The van der Waals surface area contributed by atoms with Crippen LogP contribution in [0.2, 0.25) is 0 Å². The maximum absolute atomic E-state index is 8.73. The molecule has 0 saturated carbocycles. The lowest BCUT2D eigenvalue weighted by Crippen LogP contribution is -1.95. The average molecular weight is 290 g/mol. The summed E-state index contributed by atoms with van der Waals surface area (Å²) >= 11 is 1.52. The van der Waals surface area contributed by atoms with Crippen LogP contribution in [-0.4, -0.2) is 39.0 Å². The summed E-state index contributed by atoms with van der Waals surface area (Å²) in [5.74, 6) is 6.98. The van der Waals surface area contributed by atoms with Crippen LogP contribution in [0.1, 0.15) is 11.1 Å². The number of hydrogen-bond acceptors (Lipinski definition) is 6. The molecule has 2 rings (SSSR count). The normalized spacial score (nSPS) is 9.95. The number of methoxy groups -OCH3 is 1. The van der Waals surface area contributed by atoms with Crippen LogP contribution in [0.15, 0.2) is 23.4 Å². The van der Waals surface area contributed by atoms with Crippen molar-refractivity contribution >= 4 is 11.8 Å². The zero-order chi connectivity index (χ0) is 14.4. The van der Waals surface area contributed by atoms with Gasteiger partial charge in [-0.25, -0.2) is 4.68 Å². The highest BCUT2D eigenvalue weighted by Gasteiger charge is 2.08. The second-order valence-electron chi connectivity index (χ2n) is 3.86. The Morgan fingerprint density at radius 1 is 1.45 bits per heavy atom. The van der Waals surface area contributed by atoms with E-state index in [9.17, 15) is 0 Å². The molecule has 0 unspecified atom stereocenters. The van der Waals surface area contributed by atoms with Crippen LogP contribution in [0.4, 0.5) is 0 Å². The Morgan fingerprint density at radius 2 is 2.30 bits per heavy atom. The molecular formula is C13H14N4O2S. The van der Waals surface area contributed by atoms with Gasteiger partial charge in [-0.1, -0.05) is 23.6 Å². The first-order valence-corrected chi connectivity index (χ1v) is 6.85. The summed E-state index contributed by atoms with van der Waals surface area (Å²) < 4.78 is 6.95. The highest BCUT2D eigenvalue weighted by Crippen LogP contribution is 2.27. The molecule has 0 aliphatic heterocycles. The van der Waals surface area contributed by atoms with Gasteiger partial charge in [0.2, 0.25) is 5.16 Å². The van der Waals surface area contributed by atoms with Crippen molar-refractivity contribution in [3.63, 3.8) is 0 Å². The first-order chi connectivity index (χ1) is 9.74. The summed E-state index contributed by atoms with van der Waals surface area (Å²) in [5, 5.41) is 20.8. The Hall–Kier alpha value is -2.04. The topological polar surface area (TPSA) is 73.1 Å². The molecule has 2 aromatic rings. The maximum atomic E-state index is 8.73. The number of benzene rings is 1. The van der Waals surface area contributed by atoms with E-state index in [4.69, 9.17) is 9.84 Å². The molecule has 1 aromatic heterocycles. The van der Waals surface area contributed by atoms with Gasteiger partial charge in [0.25, 0.3) is 0 Å². The molecule has 1 N–H and O–H groups in total. The van der Waals surface area contributed by atoms with Gasteiger partial charge in [0.05, 0.1) is 7.11 Å². The minimum Gasteiger partial charge on any atom is -0.496 e. The Morgan fingerprint density at radius 3 is 2.95 bits per heavy atom. The zero-order valence-electron chi connectivity index (χ0n) is 11.2. The fraction of sp³-hybridized carbons (Fsp3) is 0.308. The number of hydrogen-bond donors (Lipinski definition) is 1. The molecule has 20 heavy (non-hydrogen) atoms. The van der Waals surface area contributed by atoms with E-state index in [0.717, 1.165) is 22.0 Å². The molecule has 0 fully saturated rings. The molecule has 0 radical (unpaired) electrons. The SMILES string of the molecule is COc1ccc(C#CCO)cc1CSc1nnnn1C. The molecule has 1 heterocycles. The Balaban J connectivity index is 2.18. The second kappa shape index (κ2) is 6.93. The second-order valence-corrected chi connectivity index (χ2v) is 4.80. The van der Waals surface area contributed by atoms with Crippen molar-refractivity contribution < 1.29 is 9.84 Å². The van der Waals surface area contributed by atoms with Gasteiger partial charge in [-0.05, 0) is 28.6 Å². The minimum absolute atomic E-state index is 0.152. The molecular weight excluding hydrogens is 276 g/mol. The van der Waals surface area contributed by atoms with Crippen LogP contribution in [0.5, 0.6) is 5.75 Å². The number of thioether (sulfide) groups is 1. The van der Waals surface area contributed by atoms with E-state index in [1.54, 1.807) is 18.8 Å². The van der Waals surface area contributed by atoms with E-state index in [0.29, 0.717) is 5.75 Å². The predicted octanol–water partition coefficient (Wildman–Crippen LogP) is 0.855. The molecule has 0 saturated heterocycles. The highest BCUT2D eigenvalue weighted by molar-refractivity contribution is 7.98. The fourth-order valence-corrected chi connectivity index (χ4v) is 2.42. The van der Waals surface area contributed by atoms with Crippen LogP contribution in [-0.2, 0) is 12.8 Å². The molecule has 1 aromatic carbocycles. The van der Waals surface area contributed by atoms with Crippen LogP contribution >= 0.6 is 11.8 Å². The van der Waals surface area contributed by atoms with Crippen LogP contribution in [0, 0.1) is 11.8 Å². The molecule has 104 valence electrons. The number of aliphatic hydroxyl groups is 1. The van der Waals surface area contributed by atoms with Gasteiger partial charge in [0.15, 0.2) is 0 Å². The van der Waals surface area contributed by atoms with Crippen molar-refractivity contribution in [3.8, 4) is 17.6 Å². The van der Waals surface area contributed by atoms with E-state index >= 15 is 0 Å². The zero-order valence-corrected chi connectivity index (χ0v) is 12.0. The molecule has 0 atom stereocenters. The molecule has 7 heteroatoms. The summed E-state index contributed by atoms with van der Waals surface area (Å²) in [6.45, 7) is -0.152. The summed E-state index contributed by atoms with van der Waals surface area (Å²) in [6, 6.07) is 5.67. The summed E-state index contributed by atoms with van der Waals surface area (Å²) in [4.78, 5) is 0. The monoisotopic (exact) mass is 290 g/mol. The van der Waals surface area contributed by atoms with Gasteiger partial charge in [0.1, 0.15) is 12.4 Å². The van der Waals surface area contributed by atoms with Gasteiger partial charge in [0, 0.05) is 23.9 Å². The van der Waals surface area contributed by atoms with Crippen LogP contribution in [0.3, 0.4) is 0 Å². The van der Waals surface area contributed by atoms with Crippen molar-refractivity contribution in [2.75, 3.05) is 13.7 Å². The third-order valence-electron chi connectivity index (χ3n) is 2.53.